The van der Waals surface area contributed by atoms with Gasteiger partial charge in [-0.2, -0.15) is 0 Å². The summed E-state index contributed by atoms with van der Waals surface area (Å²) < 4.78 is 0. The normalized spacial score (nSPS) is 45.8. The van der Waals surface area contributed by atoms with Crippen molar-refractivity contribution in [2.45, 2.75) is 71.3 Å². The van der Waals surface area contributed by atoms with Crippen LogP contribution in [0.4, 0.5) is 0 Å². The molecule has 1 aromatic carbocycles. The van der Waals surface area contributed by atoms with E-state index < -0.39 is 0 Å². The molecule has 3 fully saturated rings. The van der Waals surface area contributed by atoms with E-state index in [1.54, 1.807) is 5.56 Å². The highest BCUT2D eigenvalue weighted by atomic mass is 16.3. The van der Waals surface area contributed by atoms with Crippen LogP contribution in [0.15, 0.2) is 24.3 Å². The van der Waals surface area contributed by atoms with Crippen molar-refractivity contribution >= 4 is 10.9 Å². The van der Waals surface area contributed by atoms with Gasteiger partial charge in [0.1, 0.15) is 0 Å². The molecule has 7 atom stereocenters. The number of aromatic amines is 1. The van der Waals surface area contributed by atoms with E-state index >= 15 is 0 Å². The highest BCUT2D eigenvalue weighted by molar-refractivity contribution is 5.85. The highest BCUT2D eigenvalue weighted by Gasteiger charge is 2.60. The molecule has 4 aliphatic carbocycles. The van der Waals surface area contributed by atoms with Crippen LogP contribution in [0.25, 0.3) is 10.9 Å². The van der Waals surface area contributed by atoms with Crippen molar-refractivity contribution in [1.82, 2.24) is 4.98 Å². The summed E-state index contributed by atoms with van der Waals surface area (Å²) in [5.74, 6) is 3.28. The summed E-state index contributed by atoms with van der Waals surface area (Å²) in [5, 5.41) is 12.2. The monoisotopic (exact) mass is 363 g/mol. The molecular weight excluding hydrogens is 330 g/mol. The summed E-state index contributed by atoms with van der Waals surface area (Å²) in [7, 11) is 0. The average Bonchev–Trinajstić information content (AvgIpc) is 3.16. The molecule has 1 heterocycles. The van der Waals surface area contributed by atoms with Crippen molar-refractivity contribution < 1.29 is 5.11 Å². The van der Waals surface area contributed by atoms with Gasteiger partial charge in [-0.15, -0.1) is 0 Å². The highest BCUT2D eigenvalue weighted by Crippen LogP contribution is 2.65. The molecule has 0 radical (unpaired) electrons. The smallest absolute Gasteiger partial charge is 0.0596 e. The van der Waals surface area contributed by atoms with Gasteiger partial charge in [0.2, 0.25) is 0 Å². The molecular formula is C25H33NO. The number of hydrogen-bond acceptors (Lipinski definition) is 1. The van der Waals surface area contributed by atoms with Crippen LogP contribution < -0.4 is 0 Å². The fourth-order valence-electron chi connectivity index (χ4n) is 8.38. The first kappa shape index (κ1) is 16.7. The Morgan fingerprint density at radius 2 is 1.78 bits per heavy atom. The molecule has 2 N–H and O–H groups in total. The van der Waals surface area contributed by atoms with E-state index in [-0.39, 0.29) is 11.5 Å². The second-order valence-electron chi connectivity index (χ2n) is 10.8. The predicted octanol–water partition coefficient (Wildman–Crippen LogP) is 5.49. The zero-order valence-corrected chi connectivity index (χ0v) is 16.8. The van der Waals surface area contributed by atoms with E-state index in [0.29, 0.717) is 5.41 Å². The molecule has 2 aromatic rings. The SMILES string of the molecule is CC12CCC3C(CCC4Cc5[nH]c6ccccc6c5CC43C)C1CCC2O. The Morgan fingerprint density at radius 1 is 0.963 bits per heavy atom. The maximum atomic E-state index is 10.7. The molecule has 2 heteroatoms. The van der Waals surface area contributed by atoms with Crippen molar-refractivity contribution in [2.75, 3.05) is 0 Å². The summed E-state index contributed by atoms with van der Waals surface area (Å²) in [6.07, 6.45) is 10.1. The lowest BCUT2D eigenvalue weighted by Gasteiger charge is -2.60. The lowest BCUT2D eigenvalue weighted by atomic mass is 9.45. The largest absolute Gasteiger partial charge is 0.393 e. The summed E-state index contributed by atoms with van der Waals surface area (Å²) >= 11 is 0. The third kappa shape index (κ3) is 2.06. The molecule has 3 saturated carbocycles. The topological polar surface area (TPSA) is 36.0 Å². The number of aliphatic hydroxyl groups excluding tert-OH is 1. The van der Waals surface area contributed by atoms with Gasteiger partial charge in [-0.25, -0.2) is 0 Å². The minimum atomic E-state index is -0.0550. The minimum absolute atomic E-state index is 0.0550. The number of hydrogen-bond donors (Lipinski definition) is 2. The van der Waals surface area contributed by atoms with Crippen molar-refractivity contribution in [2.24, 2.45) is 34.5 Å². The van der Waals surface area contributed by atoms with Gasteiger partial charge in [0.15, 0.2) is 0 Å². The quantitative estimate of drug-likeness (QED) is 0.638. The lowest BCUT2D eigenvalue weighted by Crippen LogP contribution is -2.54. The Hall–Kier alpha value is -1.28. The van der Waals surface area contributed by atoms with Gasteiger partial charge >= 0.3 is 0 Å². The summed E-state index contributed by atoms with van der Waals surface area (Å²) in [5.41, 5.74) is 5.11. The van der Waals surface area contributed by atoms with Crippen LogP contribution in [-0.2, 0) is 12.8 Å². The van der Waals surface area contributed by atoms with E-state index in [2.05, 4.69) is 43.1 Å². The molecule has 0 spiro atoms. The molecule has 4 aliphatic rings. The first-order valence-corrected chi connectivity index (χ1v) is 11.3. The zero-order valence-electron chi connectivity index (χ0n) is 16.8. The first-order chi connectivity index (χ1) is 13.0. The lowest BCUT2D eigenvalue weighted by molar-refractivity contribution is -0.111. The average molecular weight is 364 g/mol. The Kier molecular flexibility index (Phi) is 3.33. The van der Waals surface area contributed by atoms with Gasteiger partial charge in [0.25, 0.3) is 0 Å². The van der Waals surface area contributed by atoms with Gasteiger partial charge in [-0.05, 0) is 97.5 Å². The maximum absolute atomic E-state index is 10.7. The Labute approximate surface area is 162 Å². The molecule has 1 aromatic heterocycles. The van der Waals surface area contributed by atoms with Crippen molar-refractivity contribution in [3.8, 4) is 0 Å². The van der Waals surface area contributed by atoms with Crippen LogP contribution in [0.2, 0.25) is 0 Å². The third-order valence-electron chi connectivity index (χ3n) is 9.93. The Balaban J connectivity index is 1.40. The number of fused-ring (bicyclic) bond motifs is 8. The molecule has 144 valence electrons. The first-order valence-electron chi connectivity index (χ1n) is 11.3. The van der Waals surface area contributed by atoms with E-state index in [4.69, 9.17) is 0 Å². The van der Waals surface area contributed by atoms with Crippen molar-refractivity contribution in [3.63, 3.8) is 0 Å². The van der Waals surface area contributed by atoms with Gasteiger partial charge in [-0.1, -0.05) is 32.0 Å². The maximum Gasteiger partial charge on any atom is 0.0596 e. The van der Waals surface area contributed by atoms with Gasteiger partial charge in [0, 0.05) is 16.6 Å². The van der Waals surface area contributed by atoms with Crippen molar-refractivity contribution in [1.29, 1.82) is 0 Å². The second kappa shape index (κ2) is 5.41. The summed E-state index contributed by atoms with van der Waals surface area (Å²) in [6.45, 7) is 5.03. The number of H-pyrrole nitrogens is 1. The Bertz CT molecular complexity index is 899. The second-order valence-corrected chi connectivity index (χ2v) is 10.8. The fourth-order valence-corrected chi connectivity index (χ4v) is 8.38. The van der Waals surface area contributed by atoms with E-state index in [1.807, 2.05) is 0 Å². The number of para-hydroxylation sites is 1. The van der Waals surface area contributed by atoms with Crippen LogP contribution in [0.1, 0.15) is 63.6 Å². The van der Waals surface area contributed by atoms with E-state index in [0.717, 1.165) is 30.1 Å². The molecule has 27 heavy (non-hydrogen) atoms. The third-order valence-corrected chi connectivity index (χ3v) is 9.93. The van der Waals surface area contributed by atoms with Crippen LogP contribution in [0, 0.1) is 34.5 Å². The van der Waals surface area contributed by atoms with Crippen LogP contribution in [-0.4, -0.2) is 16.2 Å². The van der Waals surface area contributed by atoms with E-state index in [9.17, 15) is 5.11 Å². The molecule has 0 aliphatic heterocycles. The summed E-state index contributed by atoms with van der Waals surface area (Å²) in [6, 6.07) is 8.91. The number of rotatable bonds is 0. The fraction of sp³-hybridized carbons (Fsp3) is 0.680. The zero-order chi connectivity index (χ0) is 18.4. The standard InChI is InChI=1S/C25H33NO/c1-24-12-11-20-17(19(24)9-10-23(24)27)8-7-15-13-22-18(14-25(15,20)2)16-5-3-4-6-21(16)26-22/h3-6,15,17,19-20,23,26-27H,7-14H2,1-2H3. The molecule has 6 rings (SSSR count). The van der Waals surface area contributed by atoms with Crippen LogP contribution >= 0.6 is 0 Å². The molecule has 0 amide bonds. The van der Waals surface area contributed by atoms with Gasteiger partial charge in [-0.3, -0.25) is 0 Å². The predicted molar refractivity (Wildman–Crippen MR) is 110 cm³/mol. The molecule has 2 nitrogen and oxygen atoms in total. The number of aliphatic hydroxyl groups is 1. The van der Waals surface area contributed by atoms with Crippen LogP contribution in [0.5, 0.6) is 0 Å². The van der Waals surface area contributed by atoms with Gasteiger partial charge < -0.3 is 10.1 Å². The molecule has 7 unspecified atom stereocenters. The number of benzene rings is 1. The minimum Gasteiger partial charge on any atom is -0.393 e. The van der Waals surface area contributed by atoms with E-state index in [1.165, 1.54) is 61.5 Å². The van der Waals surface area contributed by atoms with Gasteiger partial charge in [0.05, 0.1) is 6.10 Å². The number of nitrogens with one attached hydrogen (secondary N) is 1. The summed E-state index contributed by atoms with van der Waals surface area (Å²) in [4.78, 5) is 3.75. The van der Waals surface area contributed by atoms with Crippen LogP contribution in [0.3, 0.4) is 0 Å². The number of aromatic nitrogens is 1. The van der Waals surface area contributed by atoms with Crippen molar-refractivity contribution in [3.05, 3.63) is 35.5 Å². The molecule has 0 bridgehead atoms. The molecule has 0 saturated heterocycles. The Morgan fingerprint density at radius 3 is 2.67 bits per heavy atom.